The van der Waals surface area contributed by atoms with Crippen molar-refractivity contribution in [1.82, 2.24) is 15.6 Å². The molecule has 0 fully saturated rings. The molecule has 6 heteroatoms. The number of fused-ring (bicyclic) bond motifs is 2. The molecular weight excluding hydrogens is 330 g/mol. The van der Waals surface area contributed by atoms with E-state index >= 15 is 0 Å². The topological polar surface area (TPSA) is 80.3 Å². The maximum atomic E-state index is 12.2. The highest BCUT2D eigenvalue weighted by Gasteiger charge is 2.21. The lowest BCUT2D eigenvalue weighted by molar-refractivity contribution is -0.121. The number of carbonyl (C=O) groups excluding carboxylic acids is 2. The van der Waals surface area contributed by atoms with E-state index in [0.29, 0.717) is 13.0 Å². The molecule has 2 N–H and O–H groups in total. The van der Waals surface area contributed by atoms with Crippen molar-refractivity contribution in [2.45, 2.75) is 77.4 Å². The first kappa shape index (κ1) is 20.2. The molecule has 2 bridgehead atoms. The summed E-state index contributed by atoms with van der Waals surface area (Å²) in [5, 5.41) is 5.95. The maximum absolute atomic E-state index is 12.2. The van der Waals surface area contributed by atoms with E-state index in [4.69, 9.17) is 4.74 Å². The third kappa shape index (κ3) is 7.42. The van der Waals surface area contributed by atoms with E-state index in [-0.39, 0.29) is 11.9 Å². The van der Waals surface area contributed by atoms with Crippen molar-refractivity contribution in [2.75, 3.05) is 6.54 Å². The standard InChI is InChI=1S/C20H31N3O3/c1-20(2,3)26-19(25)23-16-9-5-4-6-12-22-18(24)10-7-8-15-11-13-21-17(16)14-15/h11,13-14,16H,4-10,12H2,1-3H3,(H,22,24)(H,23,25)/t16-/m0/s1. The highest BCUT2D eigenvalue weighted by molar-refractivity contribution is 5.75. The van der Waals surface area contributed by atoms with Gasteiger partial charge in [-0.15, -0.1) is 0 Å². The summed E-state index contributed by atoms with van der Waals surface area (Å²) >= 11 is 0. The Morgan fingerprint density at radius 2 is 2.04 bits per heavy atom. The summed E-state index contributed by atoms with van der Waals surface area (Å²) in [5.74, 6) is 0.126. The number of hydrogen-bond acceptors (Lipinski definition) is 4. The molecule has 144 valence electrons. The van der Waals surface area contributed by atoms with E-state index in [1.165, 1.54) is 0 Å². The molecule has 0 spiro atoms. The zero-order chi connectivity index (χ0) is 19.0. The average Bonchev–Trinajstić information content (AvgIpc) is 2.55. The van der Waals surface area contributed by atoms with E-state index in [1.54, 1.807) is 6.20 Å². The number of nitrogens with one attached hydrogen (secondary N) is 2. The van der Waals surface area contributed by atoms with Crippen LogP contribution in [0.1, 0.15) is 76.6 Å². The minimum atomic E-state index is -0.529. The third-order valence-electron chi connectivity index (χ3n) is 4.25. The van der Waals surface area contributed by atoms with Crippen LogP contribution in [0.4, 0.5) is 4.79 Å². The molecule has 1 atom stereocenters. The van der Waals surface area contributed by atoms with Crippen LogP contribution in [0, 0.1) is 0 Å². The molecule has 1 aromatic rings. The lowest BCUT2D eigenvalue weighted by atomic mass is 10.0. The summed E-state index contributed by atoms with van der Waals surface area (Å²) in [5.41, 5.74) is 1.46. The monoisotopic (exact) mass is 361 g/mol. The predicted molar refractivity (Wildman–Crippen MR) is 101 cm³/mol. The SMILES string of the molecule is CC(C)(C)OC(=O)N[C@H]1CCCCCNC(=O)CCCc2ccnc1c2. The van der Waals surface area contributed by atoms with Crippen LogP contribution in [0.3, 0.4) is 0 Å². The summed E-state index contributed by atoms with van der Waals surface area (Å²) in [6, 6.07) is 3.84. The zero-order valence-corrected chi connectivity index (χ0v) is 16.1. The van der Waals surface area contributed by atoms with Crippen molar-refractivity contribution >= 4 is 12.0 Å². The summed E-state index contributed by atoms with van der Waals surface area (Å²) in [6.07, 6.45) is 7.21. The maximum Gasteiger partial charge on any atom is 0.408 e. The number of rotatable bonds is 1. The van der Waals surface area contributed by atoms with Gasteiger partial charge >= 0.3 is 6.09 Å². The molecule has 2 amide bonds. The van der Waals surface area contributed by atoms with Crippen molar-refractivity contribution in [2.24, 2.45) is 0 Å². The fourth-order valence-corrected chi connectivity index (χ4v) is 3.00. The minimum absolute atomic E-state index is 0.126. The Morgan fingerprint density at radius 3 is 2.81 bits per heavy atom. The molecule has 0 unspecified atom stereocenters. The van der Waals surface area contributed by atoms with Crippen molar-refractivity contribution in [3.05, 3.63) is 29.6 Å². The van der Waals surface area contributed by atoms with Crippen LogP contribution in [-0.4, -0.2) is 29.1 Å². The smallest absolute Gasteiger partial charge is 0.408 e. The second-order valence-corrected chi connectivity index (χ2v) is 7.84. The quantitative estimate of drug-likeness (QED) is 0.800. The summed E-state index contributed by atoms with van der Waals surface area (Å²) in [7, 11) is 0. The molecule has 6 nitrogen and oxygen atoms in total. The van der Waals surface area contributed by atoms with Crippen molar-refractivity contribution in [1.29, 1.82) is 0 Å². The molecule has 0 saturated heterocycles. The minimum Gasteiger partial charge on any atom is -0.444 e. The van der Waals surface area contributed by atoms with Crippen LogP contribution >= 0.6 is 0 Å². The van der Waals surface area contributed by atoms with Gasteiger partial charge in [0.05, 0.1) is 11.7 Å². The van der Waals surface area contributed by atoms with E-state index < -0.39 is 11.7 Å². The van der Waals surface area contributed by atoms with Gasteiger partial charge in [-0.05, 0) is 64.2 Å². The first-order valence-corrected chi connectivity index (χ1v) is 9.54. The van der Waals surface area contributed by atoms with Crippen molar-refractivity contribution < 1.29 is 14.3 Å². The average molecular weight is 361 g/mol. The molecular formula is C20H31N3O3. The van der Waals surface area contributed by atoms with Gasteiger partial charge in [-0.2, -0.15) is 0 Å². The number of aryl methyl sites for hydroxylation is 1. The van der Waals surface area contributed by atoms with Crippen LogP contribution in [0.5, 0.6) is 0 Å². The molecule has 1 aliphatic rings. The number of pyridine rings is 1. The van der Waals surface area contributed by atoms with E-state index in [0.717, 1.165) is 49.8 Å². The summed E-state index contributed by atoms with van der Waals surface area (Å²) < 4.78 is 5.41. The lowest BCUT2D eigenvalue weighted by Crippen LogP contribution is -2.35. The first-order chi connectivity index (χ1) is 12.3. The van der Waals surface area contributed by atoms with Gasteiger partial charge in [-0.3, -0.25) is 9.78 Å². The van der Waals surface area contributed by atoms with Crippen molar-refractivity contribution in [3.8, 4) is 0 Å². The Hall–Kier alpha value is -2.11. The largest absolute Gasteiger partial charge is 0.444 e. The molecule has 1 aromatic heterocycles. The molecule has 2 heterocycles. The van der Waals surface area contributed by atoms with Gasteiger partial charge in [0, 0.05) is 19.2 Å². The Morgan fingerprint density at radius 1 is 1.23 bits per heavy atom. The molecule has 2 rings (SSSR count). The van der Waals surface area contributed by atoms with Crippen LogP contribution < -0.4 is 10.6 Å². The van der Waals surface area contributed by atoms with Gasteiger partial charge in [0.25, 0.3) is 0 Å². The second-order valence-electron chi connectivity index (χ2n) is 7.84. The highest BCUT2D eigenvalue weighted by Crippen LogP contribution is 2.21. The van der Waals surface area contributed by atoms with Gasteiger partial charge < -0.3 is 15.4 Å². The predicted octanol–water partition coefficient (Wildman–Crippen LogP) is 3.66. The fraction of sp³-hybridized carbons (Fsp3) is 0.650. The Labute approximate surface area is 156 Å². The molecule has 26 heavy (non-hydrogen) atoms. The summed E-state index contributed by atoms with van der Waals surface area (Å²) in [6.45, 7) is 6.28. The van der Waals surface area contributed by atoms with E-state index in [1.807, 2.05) is 32.9 Å². The number of ether oxygens (including phenoxy) is 1. The zero-order valence-electron chi connectivity index (χ0n) is 16.1. The normalized spacial score (nSPS) is 19.8. The van der Waals surface area contributed by atoms with Crippen LogP contribution in [-0.2, 0) is 16.0 Å². The van der Waals surface area contributed by atoms with Gasteiger partial charge in [0.2, 0.25) is 5.91 Å². The van der Waals surface area contributed by atoms with E-state index in [9.17, 15) is 9.59 Å². The second kappa shape index (κ2) is 9.55. The summed E-state index contributed by atoms with van der Waals surface area (Å²) in [4.78, 5) is 28.5. The molecule has 1 aliphatic heterocycles. The van der Waals surface area contributed by atoms with Gasteiger partial charge in [-0.25, -0.2) is 4.79 Å². The number of aromatic nitrogens is 1. The molecule has 0 aliphatic carbocycles. The number of nitrogens with zero attached hydrogens (tertiary/aromatic N) is 1. The lowest BCUT2D eigenvalue weighted by Gasteiger charge is -2.24. The third-order valence-corrected chi connectivity index (χ3v) is 4.25. The Balaban J connectivity index is 2.11. The van der Waals surface area contributed by atoms with Gasteiger partial charge in [-0.1, -0.05) is 12.8 Å². The van der Waals surface area contributed by atoms with Gasteiger partial charge in [0.1, 0.15) is 5.60 Å². The van der Waals surface area contributed by atoms with Crippen molar-refractivity contribution in [3.63, 3.8) is 0 Å². The van der Waals surface area contributed by atoms with Crippen LogP contribution in [0.2, 0.25) is 0 Å². The molecule has 0 radical (unpaired) electrons. The van der Waals surface area contributed by atoms with Crippen LogP contribution in [0.25, 0.3) is 0 Å². The van der Waals surface area contributed by atoms with Gasteiger partial charge in [0.15, 0.2) is 0 Å². The number of carbonyl (C=O) groups is 2. The fourth-order valence-electron chi connectivity index (χ4n) is 3.00. The highest BCUT2D eigenvalue weighted by atomic mass is 16.6. The Kier molecular flexibility index (Phi) is 7.42. The number of amides is 2. The molecule has 0 saturated carbocycles. The molecule has 0 aromatic carbocycles. The Bertz CT molecular complexity index is 611. The number of hydrogen-bond donors (Lipinski definition) is 2. The first-order valence-electron chi connectivity index (χ1n) is 9.54. The number of alkyl carbamates (subject to hydrolysis) is 1. The van der Waals surface area contributed by atoms with Crippen LogP contribution in [0.15, 0.2) is 18.3 Å². The van der Waals surface area contributed by atoms with E-state index in [2.05, 4.69) is 15.6 Å².